The Morgan fingerprint density at radius 1 is 1.37 bits per heavy atom. The van der Waals surface area contributed by atoms with E-state index in [4.69, 9.17) is 9.26 Å². The minimum absolute atomic E-state index is 0.173. The molecule has 1 aromatic carbocycles. The highest BCUT2D eigenvalue weighted by molar-refractivity contribution is 5.22. The van der Waals surface area contributed by atoms with Crippen molar-refractivity contribution in [2.24, 2.45) is 0 Å². The summed E-state index contributed by atoms with van der Waals surface area (Å²) in [5, 5.41) is 6.96. The Kier molecular flexibility index (Phi) is 4.46. The second kappa shape index (κ2) is 6.29. The summed E-state index contributed by atoms with van der Waals surface area (Å²) in [6.45, 7) is 2.21. The van der Waals surface area contributed by atoms with Gasteiger partial charge in [-0.2, -0.15) is 4.98 Å². The van der Waals surface area contributed by atoms with Gasteiger partial charge >= 0.3 is 0 Å². The van der Waals surface area contributed by atoms with E-state index in [9.17, 15) is 4.39 Å². The maximum atomic E-state index is 12.7. The number of ether oxygens (including phenoxy) is 1. The van der Waals surface area contributed by atoms with Crippen molar-refractivity contribution in [3.8, 4) is 5.75 Å². The van der Waals surface area contributed by atoms with Crippen LogP contribution in [-0.4, -0.2) is 23.2 Å². The van der Waals surface area contributed by atoms with Gasteiger partial charge in [0.25, 0.3) is 5.89 Å². The molecule has 1 aromatic heterocycles. The molecule has 0 radical (unpaired) electrons. The molecule has 1 unspecified atom stereocenters. The molecule has 1 N–H and O–H groups in total. The summed E-state index contributed by atoms with van der Waals surface area (Å²) in [6, 6.07) is 6.06. The number of hydrogen-bond donors (Lipinski definition) is 1. The van der Waals surface area contributed by atoms with Crippen molar-refractivity contribution in [2.45, 2.75) is 26.0 Å². The number of aromatic nitrogens is 2. The molecule has 2 rings (SSSR count). The van der Waals surface area contributed by atoms with E-state index in [1.807, 2.05) is 14.0 Å². The van der Waals surface area contributed by atoms with Crippen LogP contribution in [0.15, 0.2) is 28.8 Å². The van der Waals surface area contributed by atoms with E-state index in [1.54, 1.807) is 12.1 Å². The molecule has 6 heteroatoms. The van der Waals surface area contributed by atoms with Gasteiger partial charge in [0, 0.05) is 12.5 Å². The second-order valence-electron chi connectivity index (χ2n) is 4.24. The van der Waals surface area contributed by atoms with Crippen LogP contribution in [0.25, 0.3) is 0 Å². The van der Waals surface area contributed by atoms with E-state index >= 15 is 0 Å². The van der Waals surface area contributed by atoms with E-state index in [0.717, 1.165) is 0 Å². The van der Waals surface area contributed by atoms with Gasteiger partial charge in [-0.1, -0.05) is 5.16 Å². The van der Waals surface area contributed by atoms with Crippen LogP contribution in [-0.2, 0) is 13.0 Å². The molecule has 102 valence electrons. The van der Waals surface area contributed by atoms with Gasteiger partial charge < -0.3 is 14.6 Å². The van der Waals surface area contributed by atoms with E-state index in [2.05, 4.69) is 15.5 Å². The molecule has 0 spiro atoms. The number of nitrogens with one attached hydrogen (secondary N) is 1. The van der Waals surface area contributed by atoms with Crippen LogP contribution < -0.4 is 10.1 Å². The van der Waals surface area contributed by atoms with Crippen LogP contribution in [0.2, 0.25) is 0 Å². The van der Waals surface area contributed by atoms with E-state index in [0.29, 0.717) is 23.9 Å². The van der Waals surface area contributed by atoms with Crippen molar-refractivity contribution in [2.75, 3.05) is 7.05 Å². The SMILES string of the molecule is CNC(C)Cc1noc(COc2ccc(F)cc2)n1. The molecular weight excluding hydrogens is 249 g/mol. The second-order valence-corrected chi connectivity index (χ2v) is 4.24. The van der Waals surface area contributed by atoms with Crippen LogP contribution >= 0.6 is 0 Å². The van der Waals surface area contributed by atoms with Crippen LogP contribution in [0.1, 0.15) is 18.6 Å². The Balaban J connectivity index is 1.88. The third-order valence-electron chi connectivity index (χ3n) is 2.67. The highest BCUT2D eigenvalue weighted by atomic mass is 19.1. The molecular formula is C13H16FN3O2. The molecule has 0 bridgehead atoms. The molecule has 0 saturated heterocycles. The molecule has 5 nitrogen and oxygen atoms in total. The van der Waals surface area contributed by atoms with Crippen LogP contribution in [0.4, 0.5) is 4.39 Å². The predicted octanol–water partition coefficient (Wildman–Crippen LogP) is 1.94. The van der Waals surface area contributed by atoms with Crippen LogP contribution in [0.5, 0.6) is 5.75 Å². The first-order valence-electron chi connectivity index (χ1n) is 6.04. The molecule has 19 heavy (non-hydrogen) atoms. The number of benzene rings is 1. The third-order valence-corrected chi connectivity index (χ3v) is 2.67. The van der Waals surface area contributed by atoms with Gasteiger partial charge in [0.2, 0.25) is 0 Å². The minimum atomic E-state index is -0.298. The van der Waals surface area contributed by atoms with Gasteiger partial charge in [-0.15, -0.1) is 0 Å². The molecule has 0 aliphatic carbocycles. The number of hydrogen-bond acceptors (Lipinski definition) is 5. The number of nitrogens with zero attached hydrogens (tertiary/aromatic N) is 2. The summed E-state index contributed by atoms with van der Waals surface area (Å²) in [5.41, 5.74) is 0. The summed E-state index contributed by atoms with van der Waals surface area (Å²) < 4.78 is 23.2. The summed E-state index contributed by atoms with van der Waals surface area (Å²) in [5.74, 6) is 1.31. The molecule has 0 aliphatic rings. The standard InChI is InChI=1S/C13H16FN3O2/c1-9(15-2)7-12-16-13(19-17-12)8-18-11-5-3-10(14)4-6-11/h3-6,9,15H,7-8H2,1-2H3. The fraction of sp³-hybridized carbons (Fsp3) is 0.385. The summed E-state index contributed by atoms with van der Waals surface area (Å²) in [6.07, 6.45) is 0.691. The largest absolute Gasteiger partial charge is 0.484 e. The van der Waals surface area contributed by atoms with Gasteiger partial charge in [0.15, 0.2) is 12.4 Å². The lowest BCUT2D eigenvalue weighted by Crippen LogP contribution is -2.24. The normalized spacial score (nSPS) is 12.4. The van der Waals surface area contributed by atoms with Gasteiger partial charge in [0.05, 0.1) is 0 Å². The third kappa shape index (κ3) is 4.03. The molecule has 0 amide bonds. The predicted molar refractivity (Wildman–Crippen MR) is 67.3 cm³/mol. The van der Waals surface area contributed by atoms with Crippen LogP contribution in [0, 0.1) is 5.82 Å². The Labute approximate surface area is 110 Å². The van der Waals surface area contributed by atoms with E-state index in [-0.39, 0.29) is 18.5 Å². The lowest BCUT2D eigenvalue weighted by Gasteiger charge is -2.04. The van der Waals surface area contributed by atoms with Crippen molar-refractivity contribution >= 4 is 0 Å². The average Bonchev–Trinajstić information content (AvgIpc) is 2.85. The van der Waals surface area contributed by atoms with Crippen molar-refractivity contribution in [1.29, 1.82) is 0 Å². The average molecular weight is 265 g/mol. The fourth-order valence-corrected chi connectivity index (χ4v) is 1.48. The first-order chi connectivity index (χ1) is 9.17. The summed E-state index contributed by atoms with van der Waals surface area (Å²) in [4.78, 5) is 4.21. The lowest BCUT2D eigenvalue weighted by atomic mass is 10.2. The van der Waals surface area contributed by atoms with Crippen LogP contribution in [0.3, 0.4) is 0 Å². The quantitative estimate of drug-likeness (QED) is 0.865. The topological polar surface area (TPSA) is 60.2 Å². The zero-order valence-corrected chi connectivity index (χ0v) is 10.9. The maximum Gasteiger partial charge on any atom is 0.264 e. The number of rotatable bonds is 6. The zero-order chi connectivity index (χ0) is 13.7. The molecule has 1 heterocycles. The zero-order valence-electron chi connectivity index (χ0n) is 10.9. The van der Waals surface area contributed by atoms with Crippen molar-refractivity contribution in [3.63, 3.8) is 0 Å². The minimum Gasteiger partial charge on any atom is -0.484 e. The monoisotopic (exact) mass is 265 g/mol. The Morgan fingerprint density at radius 2 is 2.11 bits per heavy atom. The number of likely N-dealkylation sites (N-methyl/N-ethyl adjacent to an activating group) is 1. The maximum absolute atomic E-state index is 12.7. The molecule has 1 atom stereocenters. The molecule has 0 aliphatic heterocycles. The summed E-state index contributed by atoms with van der Waals surface area (Å²) in [7, 11) is 1.88. The Bertz CT molecular complexity index is 513. The first kappa shape index (κ1) is 13.5. The lowest BCUT2D eigenvalue weighted by molar-refractivity contribution is 0.242. The Hall–Kier alpha value is -1.95. The fourth-order valence-electron chi connectivity index (χ4n) is 1.48. The molecule has 0 saturated carbocycles. The number of halogens is 1. The Morgan fingerprint density at radius 3 is 2.79 bits per heavy atom. The highest BCUT2D eigenvalue weighted by Crippen LogP contribution is 2.13. The smallest absolute Gasteiger partial charge is 0.264 e. The van der Waals surface area contributed by atoms with E-state index in [1.165, 1.54) is 12.1 Å². The molecule has 2 aromatic rings. The van der Waals surface area contributed by atoms with E-state index < -0.39 is 0 Å². The highest BCUT2D eigenvalue weighted by Gasteiger charge is 2.09. The van der Waals surface area contributed by atoms with Gasteiger partial charge in [-0.3, -0.25) is 0 Å². The summed E-state index contributed by atoms with van der Waals surface area (Å²) >= 11 is 0. The van der Waals surface area contributed by atoms with Gasteiger partial charge in [-0.25, -0.2) is 4.39 Å². The van der Waals surface area contributed by atoms with Gasteiger partial charge in [-0.05, 0) is 38.2 Å². The van der Waals surface area contributed by atoms with Gasteiger partial charge in [0.1, 0.15) is 11.6 Å². The van der Waals surface area contributed by atoms with Crippen molar-refractivity contribution in [3.05, 3.63) is 41.8 Å². The van der Waals surface area contributed by atoms with Crippen molar-refractivity contribution < 1.29 is 13.7 Å². The van der Waals surface area contributed by atoms with Crippen molar-refractivity contribution in [1.82, 2.24) is 15.5 Å². The first-order valence-corrected chi connectivity index (χ1v) is 6.04. The molecule has 0 fully saturated rings.